The standard InChI is InChI=1S/C13H16N2O3/c1-8-4-10-11(5-9(8)2)15(6-13(16)17)12(14-10)7-18-3/h4-5H,6-7H2,1-3H3,(H,16,17). The summed E-state index contributed by atoms with van der Waals surface area (Å²) in [5.74, 6) is -0.246. The summed E-state index contributed by atoms with van der Waals surface area (Å²) < 4.78 is 6.75. The molecule has 0 unspecified atom stereocenters. The first-order valence-electron chi connectivity index (χ1n) is 5.70. The van der Waals surface area contributed by atoms with Crippen molar-refractivity contribution in [2.45, 2.75) is 27.0 Å². The number of aliphatic carboxylic acids is 1. The lowest BCUT2D eigenvalue weighted by Crippen LogP contribution is -2.12. The lowest BCUT2D eigenvalue weighted by atomic mass is 10.1. The average Bonchev–Trinajstić information content (AvgIpc) is 2.58. The number of benzene rings is 1. The van der Waals surface area contributed by atoms with E-state index in [2.05, 4.69) is 4.98 Å². The van der Waals surface area contributed by atoms with Gasteiger partial charge in [-0.15, -0.1) is 0 Å². The van der Waals surface area contributed by atoms with Gasteiger partial charge in [-0.05, 0) is 37.1 Å². The van der Waals surface area contributed by atoms with Gasteiger partial charge in [-0.25, -0.2) is 4.98 Å². The van der Waals surface area contributed by atoms with Crippen LogP contribution in [0.25, 0.3) is 11.0 Å². The Morgan fingerprint density at radius 2 is 2.06 bits per heavy atom. The van der Waals surface area contributed by atoms with E-state index in [1.807, 2.05) is 26.0 Å². The predicted molar refractivity (Wildman–Crippen MR) is 67.6 cm³/mol. The molecule has 1 aromatic carbocycles. The highest BCUT2D eigenvalue weighted by molar-refractivity contribution is 5.80. The maximum atomic E-state index is 10.9. The third-order valence-electron chi connectivity index (χ3n) is 3.01. The van der Waals surface area contributed by atoms with E-state index in [1.54, 1.807) is 11.7 Å². The quantitative estimate of drug-likeness (QED) is 0.897. The summed E-state index contributed by atoms with van der Waals surface area (Å²) in [6.45, 7) is 4.22. The Balaban J connectivity index is 2.64. The number of imidazole rings is 1. The topological polar surface area (TPSA) is 64.4 Å². The number of carboxylic acid groups (broad SMARTS) is 1. The van der Waals surface area contributed by atoms with Crippen molar-refractivity contribution < 1.29 is 14.6 Å². The van der Waals surface area contributed by atoms with Gasteiger partial charge in [0, 0.05) is 7.11 Å². The van der Waals surface area contributed by atoms with Crippen molar-refractivity contribution >= 4 is 17.0 Å². The Morgan fingerprint density at radius 1 is 1.39 bits per heavy atom. The van der Waals surface area contributed by atoms with Gasteiger partial charge in [-0.1, -0.05) is 0 Å². The molecule has 1 heterocycles. The van der Waals surface area contributed by atoms with E-state index in [4.69, 9.17) is 9.84 Å². The SMILES string of the molecule is COCc1nc2cc(C)c(C)cc2n1CC(=O)O. The zero-order chi connectivity index (χ0) is 13.3. The normalized spacial score (nSPS) is 11.1. The fraction of sp³-hybridized carbons (Fsp3) is 0.385. The van der Waals surface area contributed by atoms with E-state index in [1.165, 1.54) is 0 Å². The number of carboxylic acids is 1. The molecule has 5 heteroatoms. The maximum Gasteiger partial charge on any atom is 0.323 e. The molecular weight excluding hydrogens is 232 g/mol. The van der Waals surface area contributed by atoms with Crippen molar-refractivity contribution in [1.29, 1.82) is 0 Å². The van der Waals surface area contributed by atoms with Gasteiger partial charge in [0.25, 0.3) is 0 Å². The minimum Gasteiger partial charge on any atom is -0.480 e. The van der Waals surface area contributed by atoms with E-state index in [-0.39, 0.29) is 6.54 Å². The molecule has 0 bridgehead atoms. The van der Waals surface area contributed by atoms with Crippen molar-refractivity contribution in [3.63, 3.8) is 0 Å². The molecule has 0 saturated carbocycles. The molecule has 18 heavy (non-hydrogen) atoms. The van der Waals surface area contributed by atoms with Crippen LogP contribution in [0.4, 0.5) is 0 Å². The van der Waals surface area contributed by atoms with E-state index >= 15 is 0 Å². The molecule has 0 aliphatic rings. The van der Waals surface area contributed by atoms with Crippen molar-refractivity contribution in [2.75, 3.05) is 7.11 Å². The van der Waals surface area contributed by atoms with E-state index in [0.29, 0.717) is 12.4 Å². The summed E-state index contributed by atoms with van der Waals surface area (Å²) in [5.41, 5.74) is 3.92. The van der Waals surface area contributed by atoms with Crippen LogP contribution < -0.4 is 0 Å². The molecule has 0 amide bonds. The number of methoxy groups -OCH3 is 1. The zero-order valence-electron chi connectivity index (χ0n) is 10.7. The summed E-state index contributed by atoms with van der Waals surface area (Å²) in [7, 11) is 1.57. The molecule has 1 aromatic heterocycles. The second-order valence-corrected chi connectivity index (χ2v) is 4.37. The Morgan fingerprint density at radius 3 is 2.67 bits per heavy atom. The minimum absolute atomic E-state index is 0.0995. The Bertz CT molecular complexity index is 602. The first-order valence-corrected chi connectivity index (χ1v) is 5.70. The van der Waals surface area contributed by atoms with Crippen LogP contribution in [-0.2, 0) is 22.7 Å². The van der Waals surface area contributed by atoms with E-state index in [0.717, 1.165) is 22.2 Å². The first kappa shape index (κ1) is 12.6. The summed E-state index contributed by atoms with van der Waals surface area (Å²) in [5, 5.41) is 8.97. The van der Waals surface area contributed by atoms with Crippen LogP contribution in [0.5, 0.6) is 0 Å². The van der Waals surface area contributed by atoms with Gasteiger partial charge in [0.05, 0.1) is 11.0 Å². The predicted octanol–water partition coefficient (Wildman–Crippen LogP) is 1.88. The van der Waals surface area contributed by atoms with Crippen LogP contribution in [-0.4, -0.2) is 27.7 Å². The number of fused-ring (bicyclic) bond motifs is 1. The molecule has 0 aliphatic carbocycles. The number of hydrogen-bond donors (Lipinski definition) is 1. The summed E-state index contributed by atoms with van der Waals surface area (Å²) >= 11 is 0. The summed E-state index contributed by atoms with van der Waals surface area (Å²) in [6, 6.07) is 3.95. The molecule has 0 fully saturated rings. The molecule has 0 atom stereocenters. The highest BCUT2D eigenvalue weighted by atomic mass is 16.5. The molecule has 96 valence electrons. The highest BCUT2D eigenvalue weighted by Gasteiger charge is 2.13. The molecule has 2 aromatic rings. The van der Waals surface area contributed by atoms with Crippen LogP contribution in [0.15, 0.2) is 12.1 Å². The monoisotopic (exact) mass is 248 g/mol. The van der Waals surface area contributed by atoms with E-state index in [9.17, 15) is 4.79 Å². The van der Waals surface area contributed by atoms with Gasteiger partial charge < -0.3 is 14.4 Å². The Kier molecular flexibility index (Phi) is 3.34. The van der Waals surface area contributed by atoms with Gasteiger partial charge in [0.1, 0.15) is 19.0 Å². The second kappa shape index (κ2) is 4.78. The number of hydrogen-bond acceptors (Lipinski definition) is 3. The summed E-state index contributed by atoms with van der Waals surface area (Å²) in [4.78, 5) is 15.4. The number of carbonyl (C=O) groups is 1. The molecule has 5 nitrogen and oxygen atoms in total. The van der Waals surface area contributed by atoms with Crippen LogP contribution >= 0.6 is 0 Å². The summed E-state index contributed by atoms with van der Waals surface area (Å²) in [6.07, 6.45) is 0. The van der Waals surface area contributed by atoms with Crippen LogP contribution in [0.3, 0.4) is 0 Å². The number of ether oxygens (including phenoxy) is 1. The third-order valence-corrected chi connectivity index (χ3v) is 3.01. The minimum atomic E-state index is -0.884. The van der Waals surface area contributed by atoms with Crippen molar-refractivity contribution in [1.82, 2.24) is 9.55 Å². The number of aryl methyl sites for hydroxylation is 2. The lowest BCUT2D eigenvalue weighted by Gasteiger charge is -2.06. The van der Waals surface area contributed by atoms with Gasteiger partial charge in [0.15, 0.2) is 0 Å². The third kappa shape index (κ3) is 2.22. The number of aromatic nitrogens is 2. The maximum absolute atomic E-state index is 10.9. The van der Waals surface area contributed by atoms with Crippen LogP contribution in [0.1, 0.15) is 17.0 Å². The van der Waals surface area contributed by atoms with Crippen molar-refractivity contribution in [3.05, 3.63) is 29.1 Å². The van der Waals surface area contributed by atoms with Crippen LogP contribution in [0, 0.1) is 13.8 Å². The highest BCUT2D eigenvalue weighted by Crippen LogP contribution is 2.21. The average molecular weight is 248 g/mol. The van der Waals surface area contributed by atoms with Crippen molar-refractivity contribution in [3.8, 4) is 0 Å². The molecular formula is C13H16N2O3. The fourth-order valence-electron chi connectivity index (χ4n) is 1.98. The van der Waals surface area contributed by atoms with Gasteiger partial charge in [-0.2, -0.15) is 0 Å². The van der Waals surface area contributed by atoms with Gasteiger partial charge >= 0.3 is 5.97 Å². The molecule has 0 aliphatic heterocycles. The first-order chi connectivity index (χ1) is 8.52. The molecule has 1 N–H and O–H groups in total. The molecule has 0 saturated heterocycles. The largest absolute Gasteiger partial charge is 0.480 e. The number of nitrogens with zero attached hydrogens (tertiary/aromatic N) is 2. The molecule has 0 spiro atoms. The zero-order valence-corrected chi connectivity index (χ0v) is 10.7. The molecule has 2 rings (SSSR count). The number of rotatable bonds is 4. The smallest absolute Gasteiger partial charge is 0.323 e. The van der Waals surface area contributed by atoms with Gasteiger partial charge in [0.2, 0.25) is 0 Å². The van der Waals surface area contributed by atoms with Gasteiger partial charge in [-0.3, -0.25) is 4.79 Å². The Hall–Kier alpha value is -1.88. The second-order valence-electron chi connectivity index (χ2n) is 4.37. The fourth-order valence-corrected chi connectivity index (χ4v) is 1.98. The lowest BCUT2D eigenvalue weighted by molar-refractivity contribution is -0.137. The van der Waals surface area contributed by atoms with E-state index < -0.39 is 5.97 Å². The molecule has 0 radical (unpaired) electrons. The van der Waals surface area contributed by atoms with Crippen LogP contribution in [0.2, 0.25) is 0 Å². The van der Waals surface area contributed by atoms with Crippen molar-refractivity contribution in [2.24, 2.45) is 0 Å². The Labute approximate surface area is 105 Å².